The van der Waals surface area contributed by atoms with Crippen LogP contribution in [0.5, 0.6) is 0 Å². The second kappa shape index (κ2) is 6.02. The summed E-state index contributed by atoms with van der Waals surface area (Å²) in [5.41, 5.74) is 0.335. The van der Waals surface area contributed by atoms with Crippen molar-refractivity contribution in [2.45, 2.75) is 25.3 Å². The number of alkyl halides is 1. The molecule has 1 saturated carbocycles. The highest BCUT2D eigenvalue weighted by Crippen LogP contribution is 2.27. The van der Waals surface area contributed by atoms with Gasteiger partial charge >= 0.3 is 0 Å². The lowest BCUT2D eigenvalue weighted by Crippen LogP contribution is -2.38. The lowest BCUT2D eigenvalue weighted by molar-refractivity contribution is 0.0929. The molecule has 1 aliphatic carbocycles. The molecule has 0 bridgehead atoms. The molecule has 0 saturated heterocycles. The topological polar surface area (TPSA) is 29.1 Å². The molecule has 0 heterocycles. The first-order valence-corrected chi connectivity index (χ1v) is 7.26. The van der Waals surface area contributed by atoms with Crippen LogP contribution in [0.2, 0.25) is 0 Å². The van der Waals surface area contributed by atoms with Crippen molar-refractivity contribution in [3.05, 3.63) is 34.1 Å². The van der Waals surface area contributed by atoms with Crippen molar-refractivity contribution in [1.82, 2.24) is 5.32 Å². The Kier molecular flexibility index (Phi) is 4.62. The summed E-state index contributed by atoms with van der Waals surface area (Å²) in [5.74, 6) is 0.220. The van der Waals surface area contributed by atoms with Gasteiger partial charge in [-0.2, -0.15) is 0 Å². The van der Waals surface area contributed by atoms with Crippen LogP contribution in [0.25, 0.3) is 0 Å². The maximum atomic E-state index is 13.2. The second-order valence-electron chi connectivity index (χ2n) is 4.58. The molecule has 2 unspecified atom stereocenters. The predicted octanol–water partition coefficient (Wildman–Crippen LogP) is 3.73. The first-order valence-electron chi connectivity index (χ1n) is 5.93. The Morgan fingerprint density at radius 3 is 2.89 bits per heavy atom. The van der Waals surface area contributed by atoms with Gasteiger partial charge in [0.05, 0.1) is 0 Å². The Hall–Kier alpha value is -0.610. The van der Waals surface area contributed by atoms with E-state index in [1.807, 2.05) is 0 Å². The third kappa shape index (κ3) is 3.23. The molecule has 18 heavy (non-hydrogen) atoms. The van der Waals surface area contributed by atoms with Gasteiger partial charge in [0.15, 0.2) is 0 Å². The van der Waals surface area contributed by atoms with Crippen molar-refractivity contribution in [3.8, 4) is 0 Å². The van der Waals surface area contributed by atoms with Crippen molar-refractivity contribution in [3.63, 3.8) is 0 Å². The van der Waals surface area contributed by atoms with Gasteiger partial charge in [-0.1, -0.05) is 22.4 Å². The van der Waals surface area contributed by atoms with Crippen LogP contribution in [0.4, 0.5) is 4.39 Å². The molecule has 0 spiro atoms. The average molecular weight is 335 g/mol. The minimum absolute atomic E-state index is 0.108. The van der Waals surface area contributed by atoms with E-state index in [4.69, 9.17) is 11.6 Å². The molecule has 2 rings (SSSR count). The minimum Gasteiger partial charge on any atom is -0.349 e. The molecule has 1 aromatic rings. The number of benzene rings is 1. The summed E-state index contributed by atoms with van der Waals surface area (Å²) >= 11 is 9.04. The van der Waals surface area contributed by atoms with Crippen molar-refractivity contribution in [2.24, 2.45) is 5.92 Å². The van der Waals surface area contributed by atoms with Gasteiger partial charge < -0.3 is 5.32 Å². The largest absolute Gasteiger partial charge is 0.349 e. The zero-order chi connectivity index (χ0) is 13.1. The molecule has 1 N–H and O–H groups in total. The molecule has 98 valence electrons. The Bertz CT molecular complexity index is 434. The number of halogens is 3. The van der Waals surface area contributed by atoms with Crippen LogP contribution < -0.4 is 5.32 Å². The molecule has 2 nitrogen and oxygen atoms in total. The van der Waals surface area contributed by atoms with Gasteiger partial charge in [0, 0.05) is 22.0 Å². The van der Waals surface area contributed by atoms with Crippen LogP contribution in [-0.4, -0.2) is 17.8 Å². The molecule has 0 aliphatic heterocycles. The number of hydrogen-bond acceptors (Lipinski definition) is 1. The Labute approximate surface area is 119 Å². The standard InChI is InChI=1S/C13H14BrClFNO/c14-10-4-9(5-11(16)6-10)13(18)17-12-3-1-2-8(12)7-15/h4-6,8,12H,1-3,7H2,(H,17,18). The Morgan fingerprint density at radius 2 is 2.22 bits per heavy atom. The molecule has 1 aliphatic rings. The van der Waals surface area contributed by atoms with Gasteiger partial charge in [-0.25, -0.2) is 4.39 Å². The molecule has 5 heteroatoms. The van der Waals surface area contributed by atoms with Gasteiger partial charge in [-0.15, -0.1) is 11.6 Å². The molecule has 2 atom stereocenters. The summed E-state index contributed by atoms with van der Waals surface area (Å²) < 4.78 is 13.8. The Morgan fingerprint density at radius 1 is 1.44 bits per heavy atom. The smallest absolute Gasteiger partial charge is 0.251 e. The summed E-state index contributed by atoms with van der Waals surface area (Å²) in [6.45, 7) is 0. The molecular formula is C13H14BrClFNO. The summed E-state index contributed by atoms with van der Waals surface area (Å²) in [6, 6.07) is 4.29. The number of carbonyl (C=O) groups excluding carboxylic acids is 1. The van der Waals surface area contributed by atoms with Gasteiger partial charge in [0.2, 0.25) is 0 Å². The van der Waals surface area contributed by atoms with Crippen LogP contribution in [0.15, 0.2) is 22.7 Å². The summed E-state index contributed by atoms with van der Waals surface area (Å²) in [7, 11) is 0. The monoisotopic (exact) mass is 333 g/mol. The summed E-state index contributed by atoms with van der Waals surface area (Å²) in [6.07, 6.45) is 3.07. The van der Waals surface area contributed by atoms with Crippen molar-refractivity contribution in [1.29, 1.82) is 0 Å². The van der Waals surface area contributed by atoms with Gasteiger partial charge in [-0.3, -0.25) is 4.79 Å². The van der Waals surface area contributed by atoms with E-state index >= 15 is 0 Å². The van der Waals surface area contributed by atoms with E-state index in [1.165, 1.54) is 12.1 Å². The van der Waals surface area contributed by atoms with Crippen LogP contribution in [0.3, 0.4) is 0 Å². The predicted molar refractivity (Wildman–Crippen MR) is 73.4 cm³/mol. The fourth-order valence-electron chi connectivity index (χ4n) is 2.35. The van der Waals surface area contributed by atoms with E-state index in [9.17, 15) is 9.18 Å². The van der Waals surface area contributed by atoms with E-state index in [-0.39, 0.29) is 11.9 Å². The highest BCUT2D eigenvalue weighted by Gasteiger charge is 2.28. The quantitative estimate of drug-likeness (QED) is 0.839. The number of amides is 1. The first-order chi connectivity index (χ1) is 8.60. The fourth-order valence-corrected chi connectivity index (χ4v) is 3.18. The summed E-state index contributed by atoms with van der Waals surface area (Å²) in [5, 5.41) is 2.94. The normalized spacial score (nSPS) is 23.1. The van der Waals surface area contributed by atoms with Crippen molar-refractivity contribution < 1.29 is 9.18 Å². The van der Waals surface area contributed by atoms with Gasteiger partial charge in [0.1, 0.15) is 5.82 Å². The third-order valence-corrected chi connectivity index (χ3v) is 4.15. The molecule has 1 aromatic carbocycles. The second-order valence-corrected chi connectivity index (χ2v) is 5.81. The zero-order valence-corrected chi connectivity index (χ0v) is 12.1. The van der Waals surface area contributed by atoms with E-state index in [2.05, 4.69) is 21.2 Å². The van der Waals surface area contributed by atoms with E-state index in [1.54, 1.807) is 6.07 Å². The number of hydrogen-bond donors (Lipinski definition) is 1. The van der Waals surface area contributed by atoms with Crippen molar-refractivity contribution >= 4 is 33.4 Å². The highest BCUT2D eigenvalue weighted by molar-refractivity contribution is 9.10. The fraction of sp³-hybridized carbons (Fsp3) is 0.462. The van der Waals surface area contributed by atoms with E-state index < -0.39 is 5.82 Å². The molecular weight excluding hydrogens is 321 g/mol. The van der Waals surface area contributed by atoms with Crippen LogP contribution in [0.1, 0.15) is 29.6 Å². The maximum Gasteiger partial charge on any atom is 0.251 e. The number of carbonyl (C=O) groups is 1. The lowest BCUT2D eigenvalue weighted by atomic mass is 10.1. The average Bonchev–Trinajstić information content (AvgIpc) is 2.75. The molecule has 0 aromatic heterocycles. The number of nitrogens with one attached hydrogen (secondary N) is 1. The third-order valence-electron chi connectivity index (χ3n) is 3.30. The molecule has 1 fully saturated rings. The minimum atomic E-state index is -0.421. The zero-order valence-electron chi connectivity index (χ0n) is 9.76. The van der Waals surface area contributed by atoms with Crippen LogP contribution in [-0.2, 0) is 0 Å². The highest BCUT2D eigenvalue weighted by atomic mass is 79.9. The maximum absolute atomic E-state index is 13.2. The lowest BCUT2D eigenvalue weighted by Gasteiger charge is -2.18. The molecule has 0 radical (unpaired) electrons. The van der Waals surface area contributed by atoms with Crippen LogP contribution in [0, 0.1) is 11.7 Å². The molecule has 1 amide bonds. The van der Waals surface area contributed by atoms with Gasteiger partial charge in [-0.05, 0) is 37.0 Å². The van der Waals surface area contributed by atoms with Crippen molar-refractivity contribution in [2.75, 3.05) is 5.88 Å². The number of rotatable bonds is 3. The van der Waals surface area contributed by atoms with E-state index in [0.29, 0.717) is 21.8 Å². The Balaban J connectivity index is 2.07. The van der Waals surface area contributed by atoms with E-state index in [0.717, 1.165) is 19.3 Å². The summed E-state index contributed by atoms with van der Waals surface area (Å²) in [4.78, 5) is 12.0. The first kappa shape index (κ1) is 13.8. The van der Waals surface area contributed by atoms with Gasteiger partial charge in [0.25, 0.3) is 5.91 Å². The van der Waals surface area contributed by atoms with Crippen LogP contribution >= 0.6 is 27.5 Å². The SMILES string of the molecule is O=C(NC1CCCC1CCl)c1cc(F)cc(Br)c1.